The van der Waals surface area contributed by atoms with E-state index in [1.165, 1.54) is 17.8 Å². The van der Waals surface area contributed by atoms with Crippen molar-refractivity contribution in [2.75, 3.05) is 44.3 Å². The minimum atomic E-state index is -0.338. The maximum Gasteiger partial charge on any atom is 0.265 e. The number of carbonyl (C=O) groups is 2. The Morgan fingerprint density at radius 3 is 2.51 bits per heavy atom. The number of rotatable bonds is 7. The minimum Gasteiger partial charge on any atom is -0.379 e. The van der Waals surface area contributed by atoms with Crippen molar-refractivity contribution in [3.8, 4) is 0 Å². The number of hydrogen-bond acceptors (Lipinski definition) is 5. The first kappa shape index (κ1) is 25.2. The number of halogens is 1. The first-order valence-corrected chi connectivity index (χ1v) is 13.1. The monoisotopic (exact) mass is 517 g/mol. The van der Waals surface area contributed by atoms with Gasteiger partial charge in [0.25, 0.3) is 11.8 Å². The third-order valence-electron chi connectivity index (χ3n) is 6.41. The van der Waals surface area contributed by atoms with Gasteiger partial charge < -0.3 is 15.0 Å². The fourth-order valence-electron chi connectivity index (χ4n) is 4.35. The second kappa shape index (κ2) is 11.7. The van der Waals surface area contributed by atoms with Gasteiger partial charge in [-0.2, -0.15) is 0 Å². The van der Waals surface area contributed by atoms with Gasteiger partial charge in [0.05, 0.1) is 30.4 Å². The maximum atomic E-state index is 14.4. The van der Waals surface area contributed by atoms with Crippen LogP contribution in [0.4, 0.5) is 10.1 Å². The molecule has 3 aromatic rings. The van der Waals surface area contributed by atoms with E-state index in [0.717, 1.165) is 49.0 Å². The van der Waals surface area contributed by atoms with Crippen molar-refractivity contribution in [3.63, 3.8) is 0 Å². The number of nitrogens with one attached hydrogen (secondary N) is 1. The molecule has 0 bridgehead atoms. The average molecular weight is 518 g/mol. The van der Waals surface area contributed by atoms with E-state index in [9.17, 15) is 14.0 Å². The Hall–Kier alpha value is -3.46. The summed E-state index contributed by atoms with van der Waals surface area (Å²) in [5.74, 6) is -0.646. The highest BCUT2D eigenvalue weighted by molar-refractivity contribution is 8.04. The van der Waals surface area contributed by atoms with E-state index >= 15 is 0 Å². The van der Waals surface area contributed by atoms with Crippen LogP contribution in [0, 0.1) is 5.82 Å². The van der Waals surface area contributed by atoms with Gasteiger partial charge in [-0.15, -0.1) is 0 Å². The molecule has 2 aliphatic heterocycles. The molecule has 0 radical (unpaired) electrons. The number of nitrogens with zero attached hydrogens (tertiary/aromatic N) is 2. The number of amides is 2. The Morgan fingerprint density at radius 2 is 1.73 bits per heavy atom. The molecule has 5 rings (SSSR count). The number of benzene rings is 3. The summed E-state index contributed by atoms with van der Waals surface area (Å²) in [5, 5.41) is 2.97. The van der Waals surface area contributed by atoms with Gasteiger partial charge in [0.2, 0.25) is 0 Å². The molecule has 0 unspecified atom stereocenters. The number of fused-ring (bicyclic) bond motifs is 1. The van der Waals surface area contributed by atoms with Gasteiger partial charge in [0.15, 0.2) is 0 Å². The number of morpholine rings is 1. The molecule has 6 nitrogen and oxygen atoms in total. The lowest BCUT2D eigenvalue weighted by Gasteiger charge is -2.30. The highest BCUT2D eigenvalue weighted by atomic mass is 32.2. The summed E-state index contributed by atoms with van der Waals surface area (Å²) < 4.78 is 19.7. The zero-order chi connectivity index (χ0) is 25.6. The fourth-order valence-corrected chi connectivity index (χ4v) is 5.41. The lowest BCUT2D eigenvalue weighted by Crippen LogP contribution is -2.41. The van der Waals surface area contributed by atoms with Crippen LogP contribution in [-0.2, 0) is 16.1 Å². The van der Waals surface area contributed by atoms with Crippen LogP contribution >= 0.6 is 11.8 Å². The van der Waals surface area contributed by atoms with Crippen LogP contribution in [-0.4, -0.2) is 56.1 Å². The average Bonchev–Trinajstić information content (AvgIpc) is 2.93. The molecule has 0 aromatic heterocycles. The molecule has 0 aliphatic carbocycles. The SMILES string of the molecule is O=C(NCCN1CCOCC1)c1ccc(/C=C2\Sc3ccccc3N(Cc3ccccc3F)C2=O)cc1. The predicted octanol–water partition coefficient (Wildman–Crippen LogP) is 4.57. The Morgan fingerprint density at radius 1 is 1.00 bits per heavy atom. The molecule has 0 atom stereocenters. The van der Waals surface area contributed by atoms with Crippen molar-refractivity contribution < 1.29 is 18.7 Å². The van der Waals surface area contributed by atoms with Crippen LogP contribution in [0.5, 0.6) is 0 Å². The number of thioether (sulfide) groups is 1. The van der Waals surface area contributed by atoms with Crippen molar-refractivity contribution in [2.24, 2.45) is 0 Å². The Kier molecular flexibility index (Phi) is 7.99. The summed E-state index contributed by atoms with van der Waals surface area (Å²) in [6.07, 6.45) is 1.82. The van der Waals surface area contributed by atoms with E-state index in [2.05, 4.69) is 10.2 Å². The van der Waals surface area contributed by atoms with Gasteiger partial charge in [0, 0.05) is 42.2 Å². The van der Waals surface area contributed by atoms with Crippen LogP contribution < -0.4 is 10.2 Å². The first-order chi connectivity index (χ1) is 18.1. The molecule has 1 saturated heterocycles. The lowest BCUT2D eigenvalue weighted by molar-refractivity contribution is -0.114. The molecular weight excluding hydrogens is 489 g/mol. The minimum absolute atomic E-state index is 0.124. The molecule has 37 heavy (non-hydrogen) atoms. The lowest BCUT2D eigenvalue weighted by atomic mass is 10.1. The number of ether oxygens (including phenoxy) is 1. The van der Waals surface area contributed by atoms with Crippen molar-refractivity contribution in [3.05, 3.63) is 100 Å². The molecule has 0 saturated carbocycles. The van der Waals surface area contributed by atoms with Crippen molar-refractivity contribution in [2.45, 2.75) is 11.4 Å². The molecule has 190 valence electrons. The third-order valence-corrected chi connectivity index (χ3v) is 7.48. The molecular formula is C29H28FN3O3S. The van der Waals surface area contributed by atoms with E-state index in [0.29, 0.717) is 22.6 Å². The van der Waals surface area contributed by atoms with Crippen LogP contribution in [0.3, 0.4) is 0 Å². The number of anilines is 1. The van der Waals surface area contributed by atoms with Gasteiger partial charge in [-0.3, -0.25) is 14.5 Å². The Labute approximate surface area is 220 Å². The van der Waals surface area contributed by atoms with Crippen LogP contribution in [0.25, 0.3) is 6.08 Å². The van der Waals surface area contributed by atoms with Crippen molar-refractivity contribution in [1.29, 1.82) is 0 Å². The molecule has 3 aromatic carbocycles. The topological polar surface area (TPSA) is 61.9 Å². The van der Waals surface area contributed by atoms with Crippen LogP contribution in [0.2, 0.25) is 0 Å². The van der Waals surface area contributed by atoms with Crippen molar-refractivity contribution in [1.82, 2.24) is 10.2 Å². The highest BCUT2D eigenvalue weighted by Gasteiger charge is 2.29. The Bertz CT molecular complexity index is 1310. The largest absolute Gasteiger partial charge is 0.379 e. The number of hydrogen-bond donors (Lipinski definition) is 1. The summed E-state index contributed by atoms with van der Waals surface area (Å²) >= 11 is 1.40. The number of carbonyl (C=O) groups excluding carboxylic acids is 2. The van der Waals surface area contributed by atoms with Gasteiger partial charge in [-0.1, -0.05) is 54.2 Å². The second-order valence-electron chi connectivity index (χ2n) is 8.89. The standard InChI is InChI=1S/C29H28FN3O3S/c30-24-6-2-1-5-23(24)20-33-25-7-3-4-8-26(25)37-27(29(33)35)19-21-9-11-22(12-10-21)28(34)31-13-14-32-15-17-36-18-16-32/h1-12,19H,13-18,20H2,(H,31,34)/b27-19-. The Balaban J connectivity index is 1.28. The van der Waals surface area contributed by atoms with E-state index in [1.54, 1.807) is 35.2 Å². The zero-order valence-corrected chi connectivity index (χ0v) is 21.2. The molecule has 1 N–H and O–H groups in total. The van der Waals surface area contributed by atoms with E-state index in [-0.39, 0.29) is 24.2 Å². The first-order valence-electron chi connectivity index (χ1n) is 12.3. The maximum absolute atomic E-state index is 14.4. The number of para-hydroxylation sites is 1. The van der Waals surface area contributed by atoms with Gasteiger partial charge in [0.1, 0.15) is 5.82 Å². The molecule has 2 amide bonds. The smallest absolute Gasteiger partial charge is 0.265 e. The molecule has 2 heterocycles. The van der Waals surface area contributed by atoms with Crippen molar-refractivity contribution >= 4 is 35.3 Å². The summed E-state index contributed by atoms with van der Waals surface area (Å²) in [6.45, 7) is 4.76. The third kappa shape index (κ3) is 6.10. The van der Waals surface area contributed by atoms with E-state index in [1.807, 2.05) is 42.5 Å². The second-order valence-corrected chi connectivity index (χ2v) is 9.98. The molecule has 0 spiro atoms. The van der Waals surface area contributed by atoms with Gasteiger partial charge in [-0.05, 0) is 42.0 Å². The molecule has 2 aliphatic rings. The highest BCUT2D eigenvalue weighted by Crippen LogP contribution is 2.42. The predicted molar refractivity (Wildman–Crippen MR) is 144 cm³/mol. The van der Waals surface area contributed by atoms with Crippen LogP contribution in [0.1, 0.15) is 21.5 Å². The summed E-state index contributed by atoms with van der Waals surface area (Å²) in [7, 11) is 0. The summed E-state index contributed by atoms with van der Waals surface area (Å²) in [6, 6.07) is 21.3. The molecule has 8 heteroatoms. The van der Waals surface area contributed by atoms with E-state index in [4.69, 9.17) is 4.74 Å². The van der Waals surface area contributed by atoms with Gasteiger partial charge in [-0.25, -0.2) is 4.39 Å². The fraction of sp³-hybridized carbons (Fsp3) is 0.241. The van der Waals surface area contributed by atoms with Crippen LogP contribution in [0.15, 0.2) is 82.6 Å². The zero-order valence-electron chi connectivity index (χ0n) is 20.4. The van der Waals surface area contributed by atoms with E-state index < -0.39 is 0 Å². The normalized spacial score (nSPS) is 17.1. The molecule has 1 fully saturated rings. The summed E-state index contributed by atoms with van der Waals surface area (Å²) in [5.41, 5.74) is 2.60. The van der Waals surface area contributed by atoms with Gasteiger partial charge >= 0.3 is 0 Å². The summed E-state index contributed by atoms with van der Waals surface area (Å²) in [4.78, 5) is 31.4. The quantitative estimate of drug-likeness (QED) is 0.466.